The lowest BCUT2D eigenvalue weighted by atomic mass is 10.2. The first kappa shape index (κ1) is 19.3. The largest absolute Gasteiger partial charge is 0.407 e. The number of hydrogen-bond acceptors (Lipinski definition) is 7. The number of pyridine rings is 1. The van der Waals surface area contributed by atoms with E-state index in [2.05, 4.69) is 30.2 Å². The molecular formula is C22H21FN6O2. The van der Waals surface area contributed by atoms with Crippen molar-refractivity contribution in [3.05, 3.63) is 60.6 Å². The van der Waals surface area contributed by atoms with Crippen LogP contribution in [0.15, 0.2) is 53.5 Å². The number of carbonyl (C=O) groups excluding carboxylic acids is 1. The van der Waals surface area contributed by atoms with E-state index < -0.39 is 6.01 Å². The van der Waals surface area contributed by atoms with Crippen molar-refractivity contribution < 1.29 is 13.6 Å². The van der Waals surface area contributed by atoms with E-state index in [4.69, 9.17) is 4.42 Å². The van der Waals surface area contributed by atoms with Gasteiger partial charge in [-0.05, 0) is 47.9 Å². The van der Waals surface area contributed by atoms with Gasteiger partial charge in [-0.2, -0.15) is 4.39 Å². The first-order chi connectivity index (χ1) is 15.2. The van der Waals surface area contributed by atoms with Crippen LogP contribution in [0.5, 0.6) is 0 Å². The Morgan fingerprint density at radius 1 is 1.23 bits per heavy atom. The predicted octanol–water partition coefficient (Wildman–Crippen LogP) is 2.57. The fourth-order valence-corrected chi connectivity index (χ4v) is 4.32. The van der Waals surface area contributed by atoms with Gasteiger partial charge in [0, 0.05) is 44.3 Å². The van der Waals surface area contributed by atoms with Crippen LogP contribution in [-0.4, -0.2) is 45.5 Å². The van der Waals surface area contributed by atoms with E-state index in [-0.39, 0.29) is 17.6 Å². The van der Waals surface area contributed by atoms with E-state index >= 15 is 0 Å². The highest BCUT2D eigenvalue weighted by atomic mass is 19.1. The van der Waals surface area contributed by atoms with Crippen molar-refractivity contribution in [1.82, 2.24) is 25.3 Å². The number of amides is 1. The van der Waals surface area contributed by atoms with Gasteiger partial charge in [-0.25, -0.2) is 15.0 Å². The summed E-state index contributed by atoms with van der Waals surface area (Å²) >= 11 is 0. The average Bonchev–Trinajstić information content (AvgIpc) is 3.13. The molecule has 0 radical (unpaired) electrons. The number of carbonyl (C=O) groups is 1. The number of fused-ring (bicyclic) bond motifs is 1. The van der Waals surface area contributed by atoms with Crippen LogP contribution in [0.2, 0.25) is 0 Å². The molecule has 1 aliphatic heterocycles. The van der Waals surface area contributed by atoms with Crippen molar-refractivity contribution in [1.29, 1.82) is 0 Å². The van der Waals surface area contributed by atoms with E-state index in [0.717, 1.165) is 37.1 Å². The van der Waals surface area contributed by atoms with Gasteiger partial charge < -0.3 is 14.6 Å². The third kappa shape index (κ3) is 4.30. The van der Waals surface area contributed by atoms with E-state index in [9.17, 15) is 9.18 Å². The number of nitrogens with one attached hydrogen (secondary N) is 1. The quantitative estimate of drug-likeness (QED) is 0.587. The Kier molecular flexibility index (Phi) is 5.15. The van der Waals surface area contributed by atoms with E-state index in [1.54, 1.807) is 30.7 Å². The molecule has 158 valence electrons. The monoisotopic (exact) mass is 420 g/mol. The molecule has 0 spiro atoms. The number of oxazole rings is 1. The number of rotatable bonds is 7. The highest BCUT2D eigenvalue weighted by molar-refractivity contribution is 5.91. The molecule has 2 aliphatic rings. The second-order valence-corrected chi connectivity index (χ2v) is 7.80. The minimum Gasteiger partial charge on any atom is -0.407 e. The summed E-state index contributed by atoms with van der Waals surface area (Å²) in [5, 5.41) is 2.96. The van der Waals surface area contributed by atoms with Crippen LogP contribution in [0, 0.1) is 23.8 Å². The molecule has 0 aromatic carbocycles. The minimum atomic E-state index is -0.756. The Bertz CT molecular complexity index is 1090. The summed E-state index contributed by atoms with van der Waals surface area (Å²) in [7, 11) is 0. The third-order valence-electron chi connectivity index (χ3n) is 5.89. The number of aromatic nitrogens is 4. The van der Waals surface area contributed by atoms with Crippen LogP contribution in [0.3, 0.4) is 0 Å². The van der Waals surface area contributed by atoms with Crippen molar-refractivity contribution in [3.63, 3.8) is 0 Å². The summed E-state index contributed by atoms with van der Waals surface area (Å²) in [6.07, 6.45) is 10.3. The van der Waals surface area contributed by atoms with Gasteiger partial charge in [0.1, 0.15) is 12.0 Å². The van der Waals surface area contributed by atoms with Gasteiger partial charge in [-0.15, -0.1) is 0 Å². The summed E-state index contributed by atoms with van der Waals surface area (Å²) in [5.41, 5.74) is 0.898. The van der Waals surface area contributed by atoms with Crippen LogP contribution in [0.25, 0.3) is 17.8 Å². The van der Waals surface area contributed by atoms with Crippen LogP contribution in [0.4, 0.5) is 10.2 Å². The number of hydrogen-bond donors (Lipinski definition) is 1. The fraction of sp³-hybridized carbons (Fsp3) is 0.318. The van der Waals surface area contributed by atoms with E-state index in [0.29, 0.717) is 24.3 Å². The fourth-order valence-electron chi connectivity index (χ4n) is 4.32. The molecule has 1 aliphatic carbocycles. The molecule has 2 unspecified atom stereocenters. The Balaban J connectivity index is 1.08. The summed E-state index contributed by atoms with van der Waals surface area (Å²) in [6.45, 7) is 2.50. The van der Waals surface area contributed by atoms with E-state index in [1.807, 2.05) is 18.2 Å². The molecule has 4 heterocycles. The third-order valence-corrected chi connectivity index (χ3v) is 5.89. The Morgan fingerprint density at radius 3 is 2.84 bits per heavy atom. The van der Waals surface area contributed by atoms with Crippen LogP contribution in [0.1, 0.15) is 12.0 Å². The van der Waals surface area contributed by atoms with Crippen molar-refractivity contribution in [2.24, 2.45) is 17.8 Å². The summed E-state index contributed by atoms with van der Waals surface area (Å²) < 4.78 is 17.9. The molecule has 1 amide bonds. The molecule has 1 saturated carbocycles. The molecule has 1 N–H and O–H groups in total. The summed E-state index contributed by atoms with van der Waals surface area (Å²) in [4.78, 5) is 30.6. The lowest BCUT2D eigenvalue weighted by molar-refractivity contribution is -0.116. The molecule has 5 rings (SSSR count). The highest BCUT2D eigenvalue weighted by Gasteiger charge is 2.55. The standard InChI is InChI=1S/C22H21FN6O2/c23-18-11-27-22(31-18)21-26-9-6-19(28-21)29-12-16-15(17(16)13-29)5-8-25-20(30)4-3-14-2-1-7-24-10-14/h1-4,6-7,9-11,15-17H,5,8,12-13H2,(H,25,30)/b4-3+. The molecule has 8 nitrogen and oxygen atoms in total. The maximum Gasteiger partial charge on any atom is 0.298 e. The van der Waals surface area contributed by atoms with Gasteiger partial charge in [0.15, 0.2) is 0 Å². The van der Waals surface area contributed by atoms with Gasteiger partial charge in [0.05, 0.1) is 0 Å². The van der Waals surface area contributed by atoms with Crippen molar-refractivity contribution in [3.8, 4) is 11.7 Å². The molecule has 2 fully saturated rings. The van der Waals surface area contributed by atoms with Gasteiger partial charge in [-0.3, -0.25) is 9.78 Å². The molecule has 3 aromatic rings. The number of nitrogens with zero attached hydrogens (tertiary/aromatic N) is 5. The molecule has 0 bridgehead atoms. The average molecular weight is 420 g/mol. The van der Waals surface area contributed by atoms with Gasteiger partial charge >= 0.3 is 0 Å². The summed E-state index contributed by atoms with van der Waals surface area (Å²) in [6, 6.07) is 4.83. The molecule has 2 atom stereocenters. The normalized spacial score (nSPS) is 22.0. The molecule has 9 heteroatoms. The lowest BCUT2D eigenvalue weighted by Crippen LogP contribution is -2.27. The molecular weight excluding hydrogens is 399 g/mol. The van der Waals surface area contributed by atoms with Crippen molar-refractivity contribution in [2.75, 3.05) is 24.5 Å². The first-order valence-electron chi connectivity index (χ1n) is 10.2. The second-order valence-electron chi connectivity index (χ2n) is 7.80. The number of halogens is 1. The van der Waals surface area contributed by atoms with Gasteiger partial charge in [0.2, 0.25) is 11.7 Å². The topological polar surface area (TPSA) is 97.0 Å². The Morgan fingerprint density at radius 2 is 2.10 bits per heavy atom. The van der Waals surface area contributed by atoms with Crippen LogP contribution < -0.4 is 10.2 Å². The molecule has 31 heavy (non-hydrogen) atoms. The van der Waals surface area contributed by atoms with Crippen LogP contribution >= 0.6 is 0 Å². The summed E-state index contributed by atoms with van der Waals surface area (Å²) in [5.74, 6) is 2.91. The van der Waals surface area contributed by atoms with Crippen LogP contribution in [-0.2, 0) is 4.79 Å². The van der Waals surface area contributed by atoms with Gasteiger partial charge in [-0.1, -0.05) is 6.07 Å². The maximum absolute atomic E-state index is 13.1. The minimum absolute atomic E-state index is 0.0786. The van der Waals surface area contributed by atoms with Crippen molar-refractivity contribution in [2.45, 2.75) is 6.42 Å². The maximum atomic E-state index is 13.1. The Labute approximate surface area is 178 Å². The Hall–Kier alpha value is -3.62. The zero-order valence-corrected chi connectivity index (χ0v) is 16.7. The SMILES string of the molecule is O=C(/C=C/c1cccnc1)NCCC1C2CN(c3ccnc(-c4ncc(F)o4)n3)CC12. The van der Waals surface area contributed by atoms with E-state index in [1.165, 1.54) is 0 Å². The predicted molar refractivity (Wildman–Crippen MR) is 111 cm³/mol. The smallest absolute Gasteiger partial charge is 0.298 e. The first-order valence-corrected chi connectivity index (χ1v) is 10.2. The zero-order valence-electron chi connectivity index (χ0n) is 16.7. The number of anilines is 1. The number of piperidine rings is 1. The molecule has 1 saturated heterocycles. The lowest BCUT2D eigenvalue weighted by Gasteiger charge is -2.21. The molecule has 3 aromatic heterocycles. The second kappa shape index (κ2) is 8.25. The highest BCUT2D eigenvalue weighted by Crippen LogP contribution is 2.54. The van der Waals surface area contributed by atoms with Crippen molar-refractivity contribution >= 4 is 17.8 Å². The zero-order chi connectivity index (χ0) is 21.2. The van der Waals surface area contributed by atoms with Gasteiger partial charge in [0.25, 0.3) is 11.9 Å².